The summed E-state index contributed by atoms with van der Waals surface area (Å²) >= 11 is 3.04. The lowest BCUT2D eigenvalue weighted by atomic mass is 10.1. The maximum atomic E-state index is 12.4. The van der Waals surface area contributed by atoms with Crippen LogP contribution in [0.5, 0.6) is 5.75 Å². The average molecular weight is 454 g/mol. The first-order chi connectivity index (χ1) is 13.9. The molecule has 0 bridgehead atoms. The number of fused-ring (bicyclic) bond motifs is 3. The number of hydrogen-bond acceptors (Lipinski definition) is 6. The van der Waals surface area contributed by atoms with Crippen LogP contribution in [-0.4, -0.2) is 22.2 Å². The summed E-state index contributed by atoms with van der Waals surface area (Å²) in [6.45, 7) is 0. The van der Waals surface area contributed by atoms with Crippen molar-refractivity contribution in [3.8, 4) is 5.75 Å². The van der Waals surface area contributed by atoms with Crippen LogP contribution >= 0.6 is 15.9 Å². The number of benzene rings is 3. The number of nitrogens with zero attached hydrogens (tertiary/aromatic N) is 2. The van der Waals surface area contributed by atoms with E-state index in [2.05, 4.69) is 26.5 Å². The highest BCUT2D eigenvalue weighted by molar-refractivity contribution is 9.10. The Hall–Kier alpha value is -3.72. The first-order valence-corrected chi connectivity index (χ1v) is 9.15. The van der Waals surface area contributed by atoms with Gasteiger partial charge in [-0.1, -0.05) is 30.3 Å². The zero-order chi connectivity index (χ0) is 20.5. The Morgan fingerprint density at radius 2 is 1.97 bits per heavy atom. The number of amides is 1. The molecular weight excluding hydrogens is 442 g/mol. The number of hydrazone groups is 1. The lowest BCUT2D eigenvalue weighted by Crippen LogP contribution is -2.16. The average Bonchev–Trinajstić information content (AvgIpc) is 3.15. The Kier molecular flexibility index (Phi) is 4.73. The van der Waals surface area contributed by atoms with E-state index in [1.165, 1.54) is 6.07 Å². The third kappa shape index (κ3) is 3.55. The van der Waals surface area contributed by atoms with Gasteiger partial charge < -0.3 is 9.52 Å². The number of rotatable bonds is 4. The number of nitro benzene ring substituents is 1. The molecule has 29 heavy (non-hydrogen) atoms. The summed E-state index contributed by atoms with van der Waals surface area (Å²) in [4.78, 5) is 22.7. The smallest absolute Gasteiger partial charge is 0.307 e. The van der Waals surface area contributed by atoms with Gasteiger partial charge in [0, 0.05) is 23.1 Å². The highest BCUT2D eigenvalue weighted by atomic mass is 79.9. The van der Waals surface area contributed by atoms with E-state index in [-0.39, 0.29) is 27.2 Å². The van der Waals surface area contributed by atoms with E-state index in [1.807, 2.05) is 30.3 Å². The van der Waals surface area contributed by atoms with Crippen LogP contribution in [0.15, 0.2) is 68.6 Å². The Bertz CT molecular complexity index is 1310. The van der Waals surface area contributed by atoms with Crippen LogP contribution in [0.2, 0.25) is 0 Å². The second-order valence-corrected chi connectivity index (χ2v) is 6.99. The lowest BCUT2D eigenvalue weighted by molar-refractivity contribution is -0.385. The van der Waals surface area contributed by atoms with E-state index >= 15 is 0 Å². The van der Waals surface area contributed by atoms with Crippen LogP contribution in [0.4, 0.5) is 5.69 Å². The largest absolute Gasteiger partial charge is 0.506 e. The van der Waals surface area contributed by atoms with Crippen LogP contribution in [0.1, 0.15) is 16.1 Å². The van der Waals surface area contributed by atoms with Crippen LogP contribution in [0, 0.1) is 10.1 Å². The number of phenols is 1. The number of carbonyl (C=O) groups excluding carboxylic acids is 1. The molecule has 0 saturated heterocycles. The summed E-state index contributed by atoms with van der Waals surface area (Å²) in [6.07, 6.45) is 1.11. The van der Waals surface area contributed by atoms with Crippen molar-refractivity contribution >= 4 is 55.5 Å². The maximum absolute atomic E-state index is 12.4. The van der Waals surface area contributed by atoms with E-state index in [4.69, 9.17) is 4.42 Å². The molecule has 4 aromatic rings. The zero-order valence-electron chi connectivity index (χ0n) is 14.6. The number of phenolic OH excluding ortho intramolecular Hbond substituents is 1. The van der Waals surface area contributed by atoms with Gasteiger partial charge in [0.15, 0.2) is 5.76 Å². The van der Waals surface area contributed by atoms with E-state index in [0.717, 1.165) is 28.4 Å². The van der Waals surface area contributed by atoms with Crippen LogP contribution < -0.4 is 5.43 Å². The topological polar surface area (TPSA) is 118 Å². The summed E-state index contributed by atoms with van der Waals surface area (Å²) in [6, 6.07) is 15.4. The normalized spacial score (nSPS) is 11.3. The predicted octanol–water partition coefficient (Wildman–Crippen LogP) is 4.73. The minimum atomic E-state index is -0.598. The number of furan rings is 1. The summed E-state index contributed by atoms with van der Waals surface area (Å²) in [7, 11) is 0. The highest BCUT2D eigenvalue weighted by Crippen LogP contribution is 2.31. The molecule has 0 aliphatic rings. The van der Waals surface area contributed by atoms with E-state index in [0.29, 0.717) is 5.58 Å². The van der Waals surface area contributed by atoms with Gasteiger partial charge in [0.05, 0.1) is 15.6 Å². The Morgan fingerprint density at radius 1 is 1.17 bits per heavy atom. The summed E-state index contributed by atoms with van der Waals surface area (Å²) < 4.78 is 5.74. The first kappa shape index (κ1) is 18.6. The molecule has 0 spiro atoms. The Labute approximate surface area is 171 Å². The maximum Gasteiger partial charge on any atom is 0.307 e. The van der Waals surface area contributed by atoms with Crippen molar-refractivity contribution in [1.29, 1.82) is 0 Å². The van der Waals surface area contributed by atoms with Crippen molar-refractivity contribution in [2.45, 2.75) is 0 Å². The fourth-order valence-electron chi connectivity index (χ4n) is 2.93. The van der Waals surface area contributed by atoms with Gasteiger partial charge >= 0.3 is 5.91 Å². The fourth-order valence-corrected chi connectivity index (χ4v) is 3.39. The lowest BCUT2D eigenvalue weighted by Gasteiger charge is -2.02. The van der Waals surface area contributed by atoms with Crippen molar-refractivity contribution in [3.63, 3.8) is 0 Å². The van der Waals surface area contributed by atoms with Crippen molar-refractivity contribution in [3.05, 3.63) is 80.5 Å². The quantitative estimate of drug-likeness (QED) is 0.263. The number of nitro groups is 1. The minimum Gasteiger partial charge on any atom is -0.506 e. The molecule has 3 aromatic carbocycles. The number of carbonyl (C=O) groups is 1. The number of hydrogen-bond donors (Lipinski definition) is 2. The third-order valence-electron chi connectivity index (χ3n) is 4.31. The number of nitrogens with one attached hydrogen (secondary N) is 1. The van der Waals surface area contributed by atoms with Gasteiger partial charge in [-0.05, 0) is 38.8 Å². The molecule has 0 aliphatic carbocycles. The minimum absolute atomic E-state index is 0.0675. The SMILES string of the molecule is O=C(N/N=C\c1cc([N+](=O)[O-])cc(Br)c1O)c1cc2c(ccc3ccccc32)o1. The van der Waals surface area contributed by atoms with Gasteiger partial charge in [-0.25, -0.2) is 5.43 Å². The molecule has 0 saturated carbocycles. The van der Waals surface area contributed by atoms with Crippen molar-refractivity contribution in [2.75, 3.05) is 0 Å². The number of halogens is 1. The molecule has 144 valence electrons. The van der Waals surface area contributed by atoms with Crippen molar-refractivity contribution in [1.82, 2.24) is 5.43 Å². The monoisotopic (exact) mass is 453 g/mol. The molecule has 0 aliphatic heterocycles. The van der Waals surface area contributed by atoms with E-state index < -0.39 is 10.8 Å². The standard InChI is InChI=1S/C20H12BrN3O5/c21-16-8-13(24(27)28)7-12(19(16)25)10-22-23-20(26)18-9-15-14-4-2-1-3-11(14)5-6-17(15)29-18/h1-10,25H,(H,23,26)/b22-10-. The van der Waals surface area contributed by atoms with E-state index in [9.17, 15) is 20.0 Å². The molecule has 0 unspecified atom stereocenters. The molecule has 2 N–H and O–H groups in total. The van der Waals surface area contributed by atoms with Gasteiger partial charge in [0.1, 0.15) is 11.3 Å². The predicted molar refractivity (Wildman–Crippen MR) is 111 cm³/mol. The van der Waals surface area contributed by atoms with Gasteiger partial charge in [-0.2, -0.15) is 5.10 Å². The molecule has 8 nitrogen and oxygen atoms in total. The number of aromatic hydroxyl groups is 1. The highest BCUT2D eigenvalue weighted by Gasteiger charge is 2.15. The first-order valence-electron chi connectivity index (χ1n) is 8.35. The molecule has 9 heteroatoms. The second-order valence-electron chi connectivity index (χ2n) is 6.13. The molecule has 1 amide bonds. The van der Waals surface area contributed by atoms with Crippen LogP contribution in [-0.2, 0) is 0 Å². The molecule has 0 radical (unpaired) electrons. The number of non-ortho nitro benzene ring substituents is 1. The van der Waals surface area contributed by atoms with Crippen LogP contribution in [0.25, 0.3) is 21.7 Å². The molecule has 0 fully saturated rings. The third-order valence-corrected chi connectivity index (χ3v) is 4.91. The van der Waals surface area contributed by atoms with Crippen molar-refractivity contribution < 1.29 is 19.2 Å². The fraction of sp³-hybridized carbons (Fsp3) is 0. The summed E-state index contributed by atoms with van der Waals surface area (Å²) in [5, 5.41) is 27.5. The molecule has 1 aromatic heterocycles. The summed E-state index contributed by atoms with van der Waals surface area (Å²) in [5.41, 5.74) is 2.70. The Morgan fingerprint density at radius 3 is 2.76 bits per heavy atom. The van der Waals surface area contributed by atoms with Crippen molar-refractivity contribution in [2.24, 2.45) is 5.10 Å². The Balaban J connectivity index is 1.59. The second kappa shape index (κ2) is 7.36. The molecule has 4 rings (SSSR count). The molecule has 0 atom stereocenters. The van der Waals surface area contributed by atoms with Gasteiger partial charge in [-0.15, -0.1) is 0 Å². The zero-order valence-corrected chi connectivity index (χ0v) is 16.2. The van der Waals surface area contributed by atoms with Gasteiger partial charge in [0.2, 0.25) is 0 Å². The van der Waals surface area contributed by atoms with E-state index in [1.54, 1.807) is 12.1 Å². The summed E-state index contributed by atoms with van der Waals surface area (Å²) in [5.74, 6) is -0.757. The van der Waals surface area contributed by atoms with Gasteiger partial charge in [-0.3, -0.25) is 14.9 Å². The van der Waals surface area contributed by atoms with Gasteiger partial charge in [0.25, 0.3) is 5.69 Å². The van der Waals surface area contributed by atoms with Crippen LogP contribution in [0.3, 0.4) is 0 Å². The molecule has 1 heterocycles. The molecular formula is C20H12BrN3O5.